The summed E-state index contributed by atoms with van der Waals surface area (Å²) in [5.74, 6) is -0.296. The Kier molecular flexibility index (Phi) is 4.76. The standard InChI is InChI=1S/C16H23FN2O/c1-4-19-9-7-14(8-10-19)18(3)16(20)15-6-5-13(17)11-12(15)2/h5-6,11,14H,4,7-10H2,1-3H3. The molecule has 3 nitrogen and oxygen atoms in total. The fourth-order valence-electron chi connectivity index (χ4n) is 2.85. The number of amides is 1. The van der Waals surface area contributed by atoms with Gasteiger partial charge in [-0.25, -0.2) is 4.39 Å². The van der Waals surface area contributed by atoms with E-state index in [0.29, 0.717) is 11.1 Å². The lowest BCUT2D eigenvalue weighted by Crippen LogP contribution is -2.45. The first-order chi connectivity index (χ1) is 9.52. The Morgan fingerprint density at radius 1 is 1.40 bits per heavy atom. The molecule has 0 aliphatic carbocycles. The summed E-state index contributed by atoms with van der Waals surface area (Å²) >= 11 is 0. The molecule has 2 rings (SSSR count). The second-order valence-corrected chi connectivity index (χ2v) is 5.54. The van der Waals surface area contributed by atoms with Crippen LogP contribution in [0.1, 0.15) is 35.7 Å². The highest BCUT2D eigenvalue weighted by atomic mass is 19.1. The van der Waals surface area contributed by atoms with Crippen LogP contribution in [0.5, 0.6) is 0 Å². The van der Waals surface area contributed by atoms with Gasteiger partial charge in [-0.3, -0.25) is 4.79 Å². The molecule has 1 amide bonds. The third-order valence-electron chi connectivity index (χ3n) is 4.29. The molecule has 0 saturated carbocycles. The first-order valence-corrected chi connectivity index (χ1v) is 7.28. The Balaban J connectivity index is 2.05. The Bertz CT molecular complexity index is 481. The smallest absolute Gasteiger partial charge is 0.254 e. The van der Waals surface area contributed by atoms with Crippen LogP contribution < -0.4 is 0 Å². The minimum absolute atomic E-state index is 0.00236. The van der Waals surface area contributed by atoms with Crippen molar-refractivity contribution in [3.8, 4) is 0 Å². The molecule has 1 aliphatic rings. The van der Waals surface area contributed by atoms with Gasteiger partial charge in [-0.05, 0) is 50.1 Å². The molecular formula is C16H23FN2O. The monoisotopic (exact) mass is 278 g/mol. The molecule has 0 spiro atoms. The van der Waals surface area contributed by atoms with Crippen molar-refractivity contribution in [3.63, 3.8) is 0 Å². The average molecular weight is 278 g/mol. The molecule has 1 heterocycles. The predicted octanol–water partition coefficient (Wildman–Crippen LogP) is 2.69. The van der Waals surface area contributed by atoms with E-state index < -0.39 is 0 Å². The number of hydrogen-bond donors (Lipinski definition) is 0. The van der Waals surface area contributed by atoms with Crippen molar-refractivity contribution in [2.24, 2.45) is 0 Å². The molecule has 1 aromatic rings. The second-order valence-electron chi connectivity index (χ2n) is 5.54. The van der Waals surface area contributed by atoms with Gasteiger partial charge in [-0.15, -0.1) is 0 Å². The van der Waals surface area contributed by atoms with Crippen LogP contribution >= 0.6 is 0 Å². The highest BCUT2D eigenvalue weighted by molar-refractivity contribution is 5.95. The van der Waals surface area contributed by atoms with Crippen molar-refractivity contribution < 1.29 is 9.18 Å². The van der Waals surface area contributed by atoms with Crippen LogP contribution in [0.4, 0.5) is 4.39 Å². The van der Waals surface area contributed by atoms with E-state index in [9.17, 15) is 9.18 Å². The zero-order chi connectivity index (χ0) is 14.7. The molecule has 20 heavy (non-hydrogen) atoms. The number of aryl methyl sites for hydroxylation is 1. The van der Waals surface area contributed by atoms with Crippen molar-refractivity contribution in [2.45, 2.75) is 32.7 Å². The number of nitrogens with zero attached hydrogens (tertiary/aromatic N) is 2. The van der Waals surface area contributed by atoms with Gasteiger partial charge in [0.15, 0.2) is 0 Å². The second kappa shape index (κ2) is 6.35. The van der Waals surface area contributed by atoms with Gasteiger partial charge in [0.1, 0.15) is 5.82 Å². The maximum absolute atomic E-state index is 13.1. The number of likely N-dealkylation sites (tertiary alicyclic amines) is 1. The van der Waals surface area contributed by atoms with Crippen LogP contribution in [-0.2, 0) is 0 Å². The predicted molar refractivity (Wildman–Crippen MR) is 78.4 cm³/mol. The lowest BCUT2D eigenvalue weighted by atomic mass is 10.0. The van der Waals surface area contributed by atoms with Crippen molar-refractivity contribution >= 4 is 5.91 Å². The molecule has 0 bridgehead atoms. The van der Waals surface area contributed by atoms with E-state index in [1.165, 1.54) is 12.1 Å². The summed E-state index contributed by atoms with van der Waals surface area (Å²) in [5.41, 5.74) is 1.31. The number of benzene rings is 1. The Hall–Kier alpha value is -1.42. The van der Waals surface area contributed by atoms with Crippen LogP contribution in [0.25, 0.3) is 0 Å². The maximum atomic E-state index is 13.1. The molecule has 0 unspecified atom stereocenters. The van der Waals surface area contributed by atoms with E-state index in [-0.39, 0.29) is 17.8 Å². The Morgan fingerprint density at radius 2 is 2.05 bits per heavy atom. The van der Waals surface area contributed by atoms with Crippen molar-refractivity contribution in [2.75, 3.05) is 26.7 Å². The van der Waals surface area contributed by atoms with Gasteiger partial charge in [-0.1, -0.05) is 6.92 Å². The van der Waals surface area contributed by atoms with Gasteiger partial charge in [-0.2, -0.15) is 0 Å². The fourth-order valence-corrected chi connectivity index (χ4v) is 2.85. The summed E-state index contributed by atoms with van der Waals surface area (Å²) in [5, 5.41) is 0. The molecule has 0 radical (unpaired) electrons. The van der Waals surface area contributed by atoms with E-state index in [0.717, 1.165) is 32.5 Å². The summed E-state index contributed by atoms with van der Waals surface area (Å²) < 4.78 is 13.1. The number of piperidine rings is 1. The normalized spacial score (nSPS) is 17.2. The number of halogens is 1. The third-order valence-corrected chi connectivity index (χ3v) is 4.29. The molecule has 1 saturated heterocycles. The highest BCUT2D eigenvalue weighted by Crippen LogP contribution is 2.19. The number of carbonyl (C=O) groups is 1. The summed E-state index contributed by atoms with van der Waals surface area (Å²) in [6.07, 6.45) is 2.02. The van der Waals surface area contributed by atoms with E-state index in [2.05, 4.69) is 11.8 Å². The minimum atomic E-state index is -0.294. The zero-order valence-corrected chi connectivity index (χ0v) is 12.5. The number of carbonyl (C=O) groups excluding carboxylic acids is 1. The number of rotatable bonds is 3. The van der Waals surface area contributed by atoms with Gasteiger partial charge in [0, 0.05) is 31.7 Å². The minimum Gasteiger partial charge on any atom is -0.339 e. The first kappa shape index (κ1) is 15.0. The molecular weight excluding hydrogens is 255 g/mol. The van der Waals surface area contributed by atoms with E-state index in [1.807, 2.05) is 11.9 Å². The molecule has 1 aliphatic heterocycles. The van der Waals surface area contributed by atoms with Crippen LogP contribution in [-0.4, -0.2) is 48.4 Å². The van der Waals surface area contributed by atoms with Gasteiger partial charge in [0.05, 0.1) is 0 Å². The van der Waals surface area contributed by atoms with E-state index in [4.69, 9.17) is 0 Å². The molecule has 4 heteroatoms. The largest absolute Gasteiger partial charge is 0.339 e. The van der Waals surface area contributed by atoms with Crippen molar-refractivity contribution in [1.29, 1.82) is 0 Å². The molecule has 1 aromatic carbocycles. The quantitative estimate of drug-likeness (QED) is 0.848. The van der Waals surface area contributed by atoms with Crippen LogP contribution in [0.15, 0.2) is 18.2 Å². The topological polar surface area (TPSA) is 23.6 Å². The third kappa shape index (κ3) is 3.18. The van der Waals surface area contributed by atoms with Gasteiger partial charge >= 0.3 is 0 Å². The van der Waals surface area contributed by atoms with Crippen LogP contribution in [0.3, 0.4) is 0 Å². The van der Waals surface area contributed by atoms with Crippen molar-refractivity contribution in [1.82, 2.24) is 9.80 Å². The van der Waals surface area contributed by atoms with E-state index in [1.54, 1.807) is 13.0 Å². The molecule has 0 N–H and O–H groups in total. The highest BCUT2D eigenvalue weighted by Gasteiger charge is 2.26. The van der Waals surface area contributed by atoms with E-state index >= 15 is 0 Å². The number of hydrogen-bond acceptors (Lipinski definition) is 2. The average Bonchev–Trinajstić information content (AvgIpc) is 2.46. The lowest BCUT2D eigenvalue weighted by Gasteiger charge is -2.36. The van der Waals surface area contributed by atoms with Gasteiger partial charge < -0.3 is 9.80 Å². The fraction of sp³-hybridized carbons (Fsp3) is 0.562. The zero-order valence-electron chi connectivity index (χ0n) is 12.5. The molecule has 0 atom stereocenters. The summed E-state index contributed by atoms with van der Waals surface area (Å²) in [6.45, 7) is 7.10. The summed E-state index contributed by atoms with van der Waals surface area (Å²) in [6, 6.07) is 4.65. The van der Waals surface area contributed by atoms with Crippen LogP contribution in [0.2, 0.25) is 0 Å². The SMILES string of the molecule is CCN1CCC(N(C)C(=O)c2ccc(F)cc2C)CC1. The maximum Gasteiger partial charge on any atom is 0.254 e. The molecule has 0 aromatic heterocycles. The summed E-state index contributed by atoms with van der Waals surface area (Å²) in [4.78, 5) is 16.7. The first-order valence-electron chi connectivity index (χ1n) is 7.28. The van der Waals surface area contributed by atoms with Gasteiger partial charge in [0.2, 0.25) is 0 Å². The van der Waals surface area contributed by atoms with Gasteiger partial charge in [0.25, 0.3) is 5.91 Å². The molecule has 1 fully saturated rings. The lowest BCUT2D eigenvalue weighted by molar-refractivity contribution is 0.0646. The van der Waals surface area contributed by atoms with Crippen molar-refractivity contribution in [3.05, 3.63) is 35.1 Å². The Morgan fingerprint density at radius 3 is 2.60 bits per heavy atom. The summed E-state index contributed by atoms with van der Waals surface area (Å²) in [7, 11) is 1.86. The molecule has 110 valence electrons. The Labute approximate surface area is 120 Å². The van der Waals surface area contributed by atoms with Crippen LogP contribution in [0, 0.1) is 12.7 Å².